The van der Waals surface area contributed by atoms with Crippen molar-refractivity contribution in [1.29, 1.82) is 0 Å². The summed E-state index contributed by atoms with van der Waals surface area (Å²) in [5, 5.41) is 1.17. The van der Waals surface area contributed by atoms with Gasteiger partial charge in [0.1, 0.15) is 0 Å². The fourth-order valence-corrected chi connectivity index (χ4v) is 1.75. The first-order valence-electron chi connectivity index (χ1n) is 5.18. The van der Waals surface area contributed by atoms with Crippen LogP contribution in [0, 0.1) is 0 Å². The average molecular weight is 218 g/mol. The van der Waals surface area contributed by atoms with Crippen molar-refractivity contribution in [2.24, 2.45) is 0 Å². The molecule has 0 atom stereocenters. The number of aromatic nitrogens is 1. The van der Waals surface area contributed by atoms with E-state index in [-0.39, 0.29) is 5.91 Å². The average Bonchev–Trinajstić information content (AvgIpc) is 2.70. The fraction of sp³-hybridized carbons (Fsp3) is 0.250. The highest BCUT2D eigenvalue weighted by molar-refractivity contribution is 5.84. The Morgan fingerprint density at radius 2 is 2.25 bits per heavy atom. The number of H-pyrrole nitrogens is 1. The van der Waals surface area contributed by atoms with Crippen molar-refractivity contribution >= 4 is 16.8 Å². The van der Waals surface area contributed by atoms with Crippen molar-refractivity contribution in [2.75, 3.05) is 7.11 Å². The number of hydroxylamine groups is 1. The van der Waals surface area contributed by atoms with Crippen LogP contribution in [-0.2, 0) is 16.1 Å². The number of hydrogen-bond donors (Lipinski definition) is 2. The molecule has 1 amide bonds. The molecule has 4 heteroatoms. The summed E-state index contributed by atoms with van der Waals surface area (Å²) < 4.78 is 0. The van der Waals surface area contributed by atoms with Gasteiger partial charge >= 0.3 is 0 Å². The van der Waals surface area contributed by atoms with Crippen LogP contribution < -0.4 is 5.48 Å². The van der Waals surface area contributed by atoms with Gasteiger partial charge in [0.25, 0.3) is 0 Å². The van der Waals surface area contributed by atoms with Gasteiger partial charge in [-0.3, -0.25) is 9.63 Å². The third-order valence-electron chi connectivity index (χ3n) is 2.51. The Morgan fingerprint density at radius 3 is 3.06 bits per heavy atom. The predicted molar refractivity (Wildman–Crippen MR) is 61.8 cm³/mol. The summed E-state index contributed by atoms with van der Waals surface area (Å²) in [6.07, 6.45) is 3.08. The van der Waals surface area contributed by atoms with E-state index in [0.29, 0.717) is 12.8 Å². The number of nitrogens with one attached hydrogen (secondary N) is 2. The number of fused-ring (bicyclic) bond motifs is 1. The zero-order chi connectivity index (χ0) is 11.4. The smallest absolute Gasteiger partial charge is 0.243 e. The Balaban J connectivity index is 2.07. The van der Waals surface area contributed by atoms with Crippen molar-refractivity contribution in [3.05, 3.63) is 36.0 Å². The summed E-state index contributed by atoms with van der Waals surface area (Å²) in [6, 6.07) is 8.05. The second kappa shape index (κ2) is 4.81. The summed E-state index contributed by atoms with van der Waals surface area (Å²) in [4.78, 5) is 19.0. The summed E-state index contributed by atoms with van der Waals surface area (Å²) >= 11 is 0. The highest BCUT2D eigenvalue weighted by atomic mass is 16.6. The number of aromatic amines is 1. The van der Waals surface area contributed by atoms with E-state index in [4.69, 9.17) is 0 Å². The van der Waals surface area contributed by atoms with Gasteiger partial charge in [-0.2, -0.15) is 0 Å². The van der Waals surface area contributed by atoms with Crippen LogP contribution >= 0.6 is 0 Å². The lowest BCUT2D eigenvalue weighted by atomic mass is 10.1. The number of amides is 1. The minimum atomic E-state index is -0.104. The van der Waals surface area contributed by atoms with Crippen molar-refractivity contribution in [1.82, 2.24) is 10.5 Å². The molecule has 0 fully saturated rings. The normalized spacial score (nSPS) is 10.6. The molecule has 1 heterocycles. The maximum Gasteiger partial charge on any atom is 0.243 e. The van der Waals surface area contributed by atoms with Gasteiger partial charge in [0, 0.05) is 23.5 Å². The zero-order valence-electron chi connectivity index (χ0n) is 9.12. The van der Waals surface area contributed by atoms with E-state index in [1.54, 1.807) is 0 Å². The van der Waals surface area contributed by atoms with E-state index in [2.05, 4.69) is 21.4 Å². The van der Waals surface area contributed by atoms with Crippen LogP contribution in [0.1, 0.15) is 12.0 Å². The molecule has 0 aliphatic heterocycles. The lowest BCUT2D eigenvalue weighted by Gasteiger charge is -2.01. The van der Waals surface area contributed by atoms with Gasteiger partial charge in [0.2, 0.25) is 5.91 Å². The molecule has 0 saturated carbocycles. The van der Waals surface area contributed by atoms with Crippen LogP contribution in [-0.4, -0.2) is 18.0 Å². The van der Waals surface area contributed by atoms with Gasteiger partial charge in [-0.25, -0.2) is 5.48 Å². The lowest BCUT2D eigenvalue weighted by molar-refractivity contribution is -0.131. The van der Waals surface area contributed by atoms with Gasteiger partial charge in [-0.15, -0.1) is 0 Å². The monoisotopic (exact) mass is 218 g/mol. The molecule has 2 aromatic rings. The maximum atomic E-state index is 11.2. The molecule has 0 unspecified atom stereocenters. The van der Waals surface area contributed by atoms with Gasteiger partial charge in [-0.05, 0) is 18.1 Å². The molecule has 0 bridgehead atoms. The first-order chi connectivity index (χ1) is 7.81. The standard InChI is InChI=1S/C12H14N2O2/c1-16-14-12(15)7-6-9-8-13-11-5-3-2-4-10(9)11/h2-5,8,13H,6-7H2,1H3,(H,14,15). The molecule has 0 saturated heterocycles. The highest BCUT2D eigenvalue weighted by Crippen LogP contribution is 2.18. The molecule has 84 valence electrons. The third kappa shape index (κ3) is 2.23. The number of para-hydroxylation sites is 1. The van der Waals surface area contributed by atoms with Crippen LogP contribution in [0.4, 0.5) is 0 Å². The Hall–Kier alpha value is -1.81. The molecule has 2 rings (SSSR count). The van der Waals surface area contributed by atoms with Gasteiger partial charge < -0.3 is 4.98 Å². The molecule has 0 aliphatic rings. The molecule has 1 aromatic carbocycles. The van der Waals surface area contributed by atoms with Crippen LogP contribution in [0.15, 0.2) is 30.5 Å². The number of rotatable bonds is 4. The van der Waals surface area contributed by atoms with Crippen LogP contribution in [0.5, 0.6) is 0 Å². The second-order valence-electron chi connectivity index (χ2n) is 3.59. The summed E-state index contributed by atoms with van der Waals surface area (Å²) in [6.45, 7) is 0. The van der Waals surface area contributed by atoms with Gasteiger partial charge in [0.05, 0.1) is 7.11 Å². The molecule has 4 nitrogen and oxygen atoms in total. The Bertz CT molecular complexity index is 490. The first-order valence-corrected chi connectivity index (χ1v) is 5.18. The molecule has 1 aromatic heterocycles. The zero-order valence-corrected chi connectivity index (χ0v) is 9.12. The van der Waals surface area contributed by atoms with Crippen molar-refractivity contribution < 1.29 is 9.63 Å². The summed E-state index contributed by atoms with van der Waals surface area (Å²) in [7, 11) is 1.43. The van der Waals surface area contributed by atoms with E-state index in [1.165, 1.54) is 12.5 Å². The van der Waals surface area contributed by atoms with E-state index < -0.39 is 0 Å². The van der Waals surface area contributed by atoms with Crippen molar-refractivity contribution in [3.8, 4) is 0 Å². The van der Waals surface area contributed by atoms with Crippen LogP contribution in [0.2, 0.25) is 0 Å². The number of carbonyl (C=O) groups is 1. The van der Waals surface area contributed by atoms with Crippen LogP contribution in [0.3, 0.4) is 0 Å². The molecule has 0 aliphatic carbocycles. The van der Waals surface area contributed by atoms with E-state index in [1.807, 2.05) is 24.4 Å². The molecular weight excluding hydrogens is 204 g/mol. The minimum Gasteiger partial charge on any atom is -0.361 e. The molecule has 2 N–H and O–H groups in total. The molecule has 16 heavy (non-hydrogen) atoms. The van der Waals surface area contributed by atoms with E-state index in [9.17, 15) is 4.79 Å². The van der Waals surface area contributed by atoms with Crippen molar-refractivity contribution in [2.45, 2.75) is 12.8 Å². The largest absolute Gasteiger partial charge is 0.361 e. The summed E-state index contributed by atoms with van der Waals surface area (Å²) in [5.41, 5.74) is 4.56. The number of carbonyl (C=O) groups excluding carboxylic acids is 1. The maximum absolute atomic E-state index is 11.2. The highest BCUT2D eigenvalue weighted by Gasteiger charge is 2.05. The second-order valence-corrected chi connectivity index (χ2v) is 3.59. The lowest BCUT2D eigenvalue weighted by Crippen LogP contribution is -2.21. The quantitative estimate of drug-likeness (QED) is 0.768. The van der Waals surface area contributed by atoms with Gasteiger partial charge in [0.15, 0.2) is 0 Å². The molecular formula is C12H14N2O2. The first kappa shape index (κ1) is 10.7. The predicted octanol–water partition coefficient (Wildman–Crippen LogP) is 1.78. The Labute approximate surface area is 93.6 Å². The minimum absolute atomic E-state index is 0.104. The number of benzene rings is 1. The van der Waals surface area contributed by atoms with Crippen molar-refractivity contribution in [3.63, 3.8) is 0 Å². The third-order valence-corrected chi connectivity index (χ3v) is 2.51. The molecule has 0 radical (unpaired) electrons. The summed E-state index contributed by atoms with van der Waals surface area (Å²) in [5.74, 6) is -0.104. The molecule has 0 spiro atoms. The van der Waals surface area contributed by atoms with E-state index >= 15 is 0 Å². The van der Waals surface area contributed by atoms with E-state index in [0.717, 1.165) is 11.1 Å². The number of hydrogen-bond acceptors (Lipinski definition) is 2. The van der Waals surface area contributed by atoms with Crippen LogP contribution in [0.25, 0.3) is 10.9 Å². The Morgan fingerprint density at radius 1 is 1.44 bits per heavy atom. The SMILES string of the molecule is CONC(=O)CCc1c[nH]c2ccccc12. The fourth-order valence-electron chi connectivity index (χ4n) is 1.75. The van der Waals surface area contributed by atoms with Gasteiger partial charge in [-0.1, -0.05) is 18.2 Å². The topological polar surface area (TPSA) is 54.1 Å². The Kier molecular flexibility index (Phi) is 3.22. The number of aryl methyl sites for hydroxylation is 1.